The van der Waals surface area contributed by atoms with Crippen LogP contribution in [0.4, 0.5) is 0 Å². The third kappa shape index (κ3) is 4.59. The van der Waals surface area contributed by atoms with E-state index in [0.717, 1.165) is 56.2 Å². The SMILES string of the molecule is COC1CCC(I)CC1OCCN1CCOCC1. The largest absolute Gasteiger partial charge is 0.379 e. The Kier molecular flexibility index (Phi) is 6.65. The van der Waals surface area contributed by atoms with Crippen molar-refractivity contribution in [3.8, 4) is 0 Å². The molecule has 0 aromatic rings. The minimum Gasteiger partial charge on any atom is -0.379 e. The van der Waals surface area contributed by atoms with Gasteiger partial charge in [0.15, 0.2) is 0 Å². The Balaban J connectivity index is 1.67. The zero-order valence-electron chi connectivity index (χ0n) is 11.1. The molecule has 0 spiro atoms. The van der Waals surface area contributed by atoms with Crippen molar-refractivity contribution >= 4 is 22.6 Å². The quantitative estimate of drug-likeness (QED) is 0.546. The number of methoxy groups -OCH3 is 1. The summed E-state index contributed by atoms with van der Waals surface area (Å²) in [4.78, 5) is 2.41. The first-order valence-electron chi connectivity index (χ1n) is 6.88. The first-order chi connectivity index (χ1) is 8.79. The maximum atomic E-state index is 6.05. The van der Waals surface area contributed by atoms with E-state index >= 15 is 0 Å². The van der Waals surface area contributed by atoms with Gasteiger partial charge in [0.1, 0.15) is 0 Å². The maximum Gasteiger partial charge on any atom is 0.0847 e. The molecule has 3 unspecified atom stereocenters. The van der Waals surface area contributed by atoms with E-state index in [-0.39, 0.29) is 6.10 Å². The van der Waals surface area contributed by atoms with E-state index in [0.29, 0.717) is 6.10 Å². The molecule has 0 N–H and O–H groups in total. The van der Waals surface area contributed by atoms with Crippen molar-refractivity contribution in [2.24, 2.45) is 0 Å². The fourth-order valence-electron chi connectivity index (χ4n) is 2.66. The van der Waals surface area contributed by atoms with Crippen LogP contribution in [0.2, 0.25) is 0 Å². The van der Waals surface area contributed by atoms with Gasteiger partial charge >= 0.3 is 0 Å². The number of halogens is 1. The monoisotopic (exact) mass is 369 g/mol. The summed E-state index contributed by atoms with van der Waals surface area (Å²) in [6.07, 6.45) is 4.09. The Morgan fingerprint density at radius 3 is 2.72 bits per heavy atom. The molecule has 0 bridgehead atoms. The van der Waals surface area contributed by atoms with Gasteiger partial charge in [0.2, 0.25) is 0 Å². The number of hydrogen-bond acceptors (Lipinski definition) is 4. The van der Waals surface area contributed by atoms with Gasteiger partial charge in [-0.3, -0.25) is 4.90 Å². The van der Waals surface area contributed by atoms with E-state index in [2.05, 4.69) is 27.5 Å². The van der Waals surface area contributed by atoms with Crippen LogP contribution in [-0.2, 0) is 14.2 Å². The van der Waals surface area contributed by atoms with E-state index in [9.17, 15) is 0 Å². The average Bonchev–Trinajstić information content (AvgIpc) is 2.40. The third-order valence-electron chi connectivity index (χ3n) is 3.81. The van der Waals surface area contributed by atoms with Crippen LogP contribution in [0.5, 0.6) is 0 Å². The van der Waals surface area contributed by atoms with Crippen LogP contribution in [0.1, 0.15) is 19.3 Å². The van der Waals surface area contributed by atoms with Crippen LogP contribution in [0.25, 0.3) is 0 Å². The van der Waals surface area contributed by atoms with Crippen LogP contribution >= 0.6 is 22.6 Å². The molecule has 0 aromatic heterocycles. The summed E-state index contributed by atoms with van der Waals surface area (Å²) in [7, 11) is 1.80. The average molecular weight is 369 g/mol. The van der Waals surface area contributed by atoms with Crippen LogP contribution in [0, 0.1) is 0 Å². The molecule has 106 valence electrons. The van der Waals surface area contributed by atoms with E-state index < -0.39 is 0 Å². The second-order valence-corrected chi connectivity index (χ2v) is 6.81. The fourth-order valence-corrected chi connectivity index (χ4v) is 3.52. The van der Waals surface area contributed by atoms with Crippen molar-refractivity contribution in [1.29, 1.82) is 0 Å². The highest BCUT2D eigenvalue weighted by atomic mass is 127. The number of alkyl halides is 1. The highest BCUT2D eigenvalue weighted by Gasteiger charge is 2.30. The van der Waals surface area contributed by atoms with Crippen LogP contribution < -0.4 is 0 Å². The van der Waals surface area contributed by atoms with Crippen molar-refractivity contribution in [1.82, 2.24) is 4.90 Å². The minimum absolute atomic E-state index is 0.284. The number of morpholine rings is 1. The third-order valence-corrected chi connectivity index (χ3v) is 4.94. The zero-order valence-corrected chi connectivity index (χ0v) is 13.3. The van der Waals surface area contributed by atoms with Crippen molar-refractivity contribution in [2.45, 2.75) is 35.4 Å². The summed E-state index contributed by atoms with van der Waals surface area (Å²) in [6, 6.07) is 0. The maximum absolute atomic E-state index is 6.05. The zero-order chi connectivity index (χ0) is 12.8. The molecule has 1 heterocycles. The van der Waals surface area contributed by atoms with E-state index in [1.165, 1.54) is 6.42 Å². The lowest BCUT2D eigenvalue weighted by Crippen LogP contribution is -2.41. The van der Waals surface area contributed by atoms with Gasteiger partial charge in [-0.05, 0) is 19.3 Å². The topological polar surface area (TPSA) is 30.9 Å². The van der Waals surface area contributed by atoms with Gasteiger partial charge in [-0.1, -0.05) is 22.6 Å². The van der Waals surface area contributed by atoms with Crippen molar-refractivity contribution < 1.29 is 14.2 Å². The molecule has 0 radical (unpaired) electrons. The van der Waals surface area contributed by atoms with Crippen LogP contribution in [0.15, 0.2) is 0 Å². The molecule has 0 aromatic carbocycles. The van der Waals surface area contributed by atoms with Crippen molar-refractivity contribution in [3.05, 3.63) is 0 Å². The molecule has 1 saturated carbocycles. The Bertz CT molecular complexity index is 236. The standard InChI is InChI=1S/C13H24INO3/c1-16-12-3-2-11(14)10-13(12)18-9-6-15-4-7-17-8-5-15/h11-13H,2-10H2,1H3. The lowest BCUT2D eigenvalue weighted by molar-refractivity contribution is -0.0809. The Hall–Kier alpha value is 0.570. The van der Waals surface area contributed by atoms with Gasteiger partial charge in [0.25, 0.3) is 0 Å². The molecule has 4 nitrogen and oxygen atoms in total. The number of rotatable bonds is 5. The molecule has 0 amide bonds. The van der Waals surface area contributed by atoms with Gasteiger partial charge < -0.3 is 14.2 Å². The summed E-state index contributed by atoms with van der Waals surface area (Å²) in [6.45, 7) is 5.63. The first kappa shape index (κ1) is 15.0. The molecule has 2 aliphatic rings. The lowest BCUT2D eigenvalue weighted by atomic mass is 9.94. The summed E-state index contributed by atoms with van der Waals surface area (Å²) in [5, 5.41) is 0. The molecule has 1 aliphatic carbocycles. The second kappa shape index (κ2) is 7.99. The molecule has 5 heteroatoms. The minimum atomic E-state index is 0.284. The molecule has 3 atom stereocenters. The lowest BCUT2D eigenvalue weighted by Gasteiger charge is -2.34. The van der Waals surface area contributed by atoms with Crippen molar-refractivity contribution in [3.63, 3.8) is 0 Å². The number of nitrogens with zero attached hydrogens (tertiary/aromatic N) is 1. The van der Waals surface area contributed by atoms with Crippen LogP contribution in [0.3, 0.4) is 0 Å². The van der Waals surface area contributed by atoms with E-state index in [1.807, 2.05) is 0 Å². The first-order valence-corrected chi connectivity index (χ1v) is 8.12. The van der Waals surface area contributed by atoms with Crippen LogP contribution in [-0.4, -0.2) is 67.6 Å². The Labute approximate surface area is 123 Å². The predicted octanol–water partition coefficient (Wildman–Crippen LogP) is 1.71. The molecule has 1 aliphatic heterocycles. The smallest absolute Gasteiger partial charge is 0.0847 e. The molecule has 1 saturated heterocycles. The molecule has 18 heavy (non-hydrogen) atoms. The highest BCUT2D eigenvalue weighted by molar-refractivity contribution is 14.1. The van der Waals surface area contributed by atoms with Gasteiger partial charge in [-0.15, -0.1) is 0 Å². The summed E-state index contributed by atoms with van der Waals surface area (Å²) < 4.78 is 17.7. The fraction of sp³-hybridized carbons (Fsp3) is 1.00. The molecular formula is C13H24INO3. The Morgan fingerprint density at radius 1 is 1.22 bits per heavy atom. The normalized spacial score (nSPS) is 34.7. The Morgan fingerprint density at radius 2 is 2.00 bits per heavy atom. The van der Waals surface area contributed by atoms with E-state index in [1.54, 1.807) is 7.11 Å². The van der Waals surface area contributed by atoms with E-state index in [4.69, 9.17) is 14.2 Å². The predicted molar refractivity (Wildman–Crippen MR) is 79.5 cm³/mol. The molecule has 2 fully saturated rings. The number of ether oxygens (including phenoxy) is 3. The summed E-state index contributed by atoms with van der Waals surface area (Å²) in [5.41, 5.74) is 0. The number of hydrogen-bond donors (Lipinski definition) is 0. The van der Waals surface area contributed by atoms with Gasteiger partial charge in [0, 0.05) is 30.7 Å². The molecular weight excluding hydrogens is 345 g/mol. The van der Waals surface area contributed by atoms with Gasteiger partial charge in [-0.25, -0.2) is 0 Å². The molecule has 2 rings (SSSR count). The van der Waals surface area contributed by atoms with Crippen molar-refractivity contribution in [2.75, 3.05) is 46.6 Å². The van der Waals surface area contributed by atoms with Gasteiger partial charge in [0.05, 0.1) is 32.0 Å². The summed E-state index contributed by atoms with van der Waals surface area (Å²) >= 11 is 2.53. The van der Waals surface area contributed by atoms with Gasteiger partial charge in [-0.2, -0.15) is 0 Å². The highest BCUT2D eigenvalue weighted by Crippen LogP contribution is 2.28. The summed E-state index contributed by atoms with van der Waals surface area (Å²) in [5.74, 6) is 0. The second-order valence-electron chi connectivity index (χ2n) is 5.05.